The summed E-state index contributed by atoms with van der Waals surface area (Å²) in [5.41, 5.74) is 1.08. The topological polar surface area (TPSA) is 58.5 Å². The minimum atomic E-state index is 0.620. The van der Waals surface area contributed by atoms with Crippen LogP contribution in [0.4, 0.5) is 0 Å². The third-order valence-electron chi connectivity index (χ3n) is 3.10. The summed E-state index contributed by atoms with van der Waals surface area (Å²) in [6.45, 7) is 1.52. The molecule has 1 aromatic carbocycles. The van der Waals surface area contributed by atoms with Gasteiger partial charge in [-0.1, -0.05) is 24.3 Å². The highest BCUT2D eigenvalue weighted by atomic mass is 32.2. The number of aromatic nitrogens is 1. The van der Waals surface area contributed by atoms with Crippen LogP contribution in [-0.4, -0.2) is 37.4 Å². The highest BCUT2D eigenvalue weighted by Gasteiger charge is 2.00. The summed E-state index contributed by atoms with van der Waals surface area (Å²) < 4.78 is 5.05. The Kier molecular flexibility index (Phi) is 7.26. The van der Waals surface area contributed by atoms with Crippen LogP contribution in [0.25, 0.3) is 0 Å². The van der Waals surface area contributed by atoms with E-state index in [1.807, 2.05) is 30.0 Å². The Bertz CT molecular complexity index is 602. The average Bonchev–Trinajstić information content (AvgIpc) is 2.62. The first-order chi connectivity index (χ1) is 11.3. The molecule has 5 nitrogen and oxygen atoms in total. The molecule has 0 aliphatic heterocycles. The Morgan fingerprint density at radius 2 is 2.00 bits per heavy atom. The first-order valence-corrected chi connectivity index (χ1v) is 8.41. The van der Waals surface area contributed by atoms with Crippen molar-refractivity contribution in [3.8, 4) is 5.88 Å². The SMILES string of the molecule is CN=C(NCCSc1ccccc1)NCc1ccc(OC)nc1. The molecule has 1 aromatic heterocycles. The smallest absolute Gasteiger partial charge is 0.212 e. The number of rotatable bonds is 7. The van der Waals surface area contributed by atoms with E-state index in [2.05, 4.69) is 44.9 Å². The number of nitrogens with one attached hydrogen (secondary N) is 2. The number of methoxy groups -OCH3 is 1. The van der Waals surface area contributed by atoms with E-state index in [9.17, 15) is 0 Å². The standard InChI is InChI=1S/C17H22N4OS/c1-18-17(19-10-11-23-15-6-4-3-5-7-15)21-13-14-8-9-16(22-2)20-12-14/h3-9,12H,10-11,13H2,1-2H3,(H2,18,19,21). The lowest BCUT2D eigenvalue weighted by Gasteiger charge is -2.12. The fraction of sp³-hybridized carbons (Fsp3) is 0.294. The van der Waals surface area contributed by atoms with E-state index in [1.54, 1.807) is 20.4 Å². The third kappa shape index (κ3) is 6.20. The number of ether oxygens (including phenoxy) is 1. The first-order valence-electron chi connectivity index (χ1n) is 7.43. The predicted octanol–water partition coefficient (Wildman–Crippen LogP) is 2.55. The van der Waals surface area contributed by atoms with Gasteiger partial charge in [0.1, 0.15) is 0 Å². The second kappa shape index (κ2) is 9.74. The molecule has 2 rings (SSSR count). The molecule has 23 heavy (non-hydrogen) atoms. The Morgan fingerprint density at radius 1 is 1.17 bits per heavy atom. The molecule has 1 heterocycles. The van der Waals surface area contributed by atoms with Crippen LogP contribution in [0.1, 0.15) is 5.56 Å². The van der Waals surface area contributed by atoms with Crippen molar-refractivity contribution in [1.29, 1.82) is 0 Å². The van der Waals surface area contributed by atoms with Crippen molar-refractivity contribution >= 4 is 17.7 Å². The molecular formula is C17H22N4OS. The summed E-state index contributed by atoms with van der Waals surface area (Å²) >= 11 is 1.82. The molecular weight excluding hydrogens is 308 g/mol. The summed E-state index contributed by atoms with van der Waals surface area (Å²) in [5.74, 6) is 2.39. The van der Waals surface area contributed by atoms with Crippen LogP contribution in [-0.2, 0) is 6.54 Å². The molecule has 6 heteroatoms. The lowest BCUT2D eigenvalue weighted by atomic mass is 10.3. The van der Waals surface area contributed by atoms with Crippen LogP contribution in [0.3, 0.4) is 0 Å². The Hall–Kier alpha value is -2.21. The highest BCUT2D eigenvalue weighted by Crippen LogP contribution is 2.15. The quantitative estimate of drug-likeness (QED) is 0.354. The van der Waals surface area contributed by atoms with Gasteiger partial charge >= 0.3 is 0 Å². The molecule has 0 radical (unpaired) electrons. The summed E-state index contributed by atoms with van der Waals surface area (Å²) in [6, 6.07) is 14.2. The molecule has 2 aromatic rings. The molecule has 0 aliphatic carbocycles. The van der Waals surface area contributed by atoms with Gasteiger partial charge in [-0.05, 0) is 17.7 Å². The number of benzene rings is 1. The molecule has 2 N–H and O–H groups in total. The van der Waals surface area contributed by atoms with Crippen LogP contribution in [0.5, 0.6) is 5.88 Å². The lowest BCUT2D eigenvalue weighted by molar-refractivity contribution is 0.397. The number of aliphatic imine (C=N–C) groups is 1. The van der Waals surface area contributed by atoms with Gasteiger partial charge < -0.3 is 15.4 Å². The minimum absolute atomic E-state index is 0.620. The monoisotopic (exact) mass is 330 g/mol. The zero-order valence-electron chi connectivity index (χ0n) is 13.5. The van der Waals surface area contributed by atoms with Crippen molar-refractivity contribution in [3.05, 3.63) is 54.2 Å². The number of hydrogen-bond acceptors (Lipinski definition) is 4. The number of nitrogens with zero attached hydrogens (tertiary/aromatic N) is 2. The zero-order chi connectivity index (χ0) is 16.3. The second-order valence-electron chi connectivity index (χ2n) is 4.72. The molecule has 0 aliphatic rings. The molecule has 0 unspecified atom stereocenters. The van der Waals surface area contributed by atoms with Crippen LogP contribution < -0.4 is 15.4 Å². The molecule has 0 bridgehead atoms. The zero-order valence-corrected chi connectivity index (χ0v) is 14.3. The van der Waals surface area contributed by atoms with E-state index >= 15 is 0 Å². The second-order valence-corrected chi connectivity index (χ2v) is 5.89. The lowest BCUT2D eigenvalue weighted by Crippen LogP contribution is -2.37. The van der Waals surface area contributed by atoms with E-state index in [4.69, 9.17) is 4.74 Å². The van der Waals surface area contributed by atoms with Gasteiger partial charge in [0.05, 0.1) is 7.11 Å². The van der Waals surface area contributed by atoms with E-state index in [1.165, 1.54) is 4.90 Å². The highest BCUT2D eigenvalue weighted by molar-refractivity contribution is 7.99. The Morgan fingerprint density at radius 3 is 2.65 bits per heavy atom. The third-order valence-corrected chi connectivity index (χ3v) is 4.11. The fourth-order valence-electron chi connectivity index (χ4n) is 1.90. The van der Waals surface area contributed by atoms with Crippen molar-refractivity contribution in [1.82, 2.24) is 15.6 Å². The van der Waals surface area contributed by atoms with E-state index in [-0.39, 0.29) is 0 Å². The van der Waals surface area contributed by atoms with Gasteiger partial charge in [0.2, 0.25) is 5.88 Å². The van der Waals surface area contributed by atoms with Gasteiger partial charge in [-0.15, -0.1) is 11.8 Å². The maximum atomic E-state index is 5.05. The van der Waals surface area contributed by atoms with Crippen molar-refractivity contribution in [3.63, 3.8) is 0 Å². The number of pyridine rings is 1. The summed E-state index contributed by atoms with van der Waals surface area (Å²) in [7, 11) is 3.38. The maximum absolute atomic E-state index is 5.05. The number of thioether (sulfide) groups is 1. The van der Waals surface area contributed by atoms with Crippen LogP contribution in [0.2, 0.25) is 0 Å². The Balaban J connectivity index is 1.68. The van der Waals surface area contributed by atoms with Gasteiger partial charge in [0.25, 0.3) is 0 Å². The average molecular weight is 330 g/mol. The summed E-state index contributed by atoms with van der Waals surface area (Å²) in [6.07, 6.45) is 1.80. The van der Waals surface area contributed by atoms with E-state index < -0.39 is 0 Å². The molecule has 0 fully saturated rings. The largest absolute Gasteiger partial charge is 0.481 e. The predicted molar refractivity (Wildman–Crippen MR) is 96.2 cm³/mol. The van der Waals surface area contributed by atoms with Crippen LogP contribution in [0, 0.1) is 0 Å². The summed E-state index contributed by atoms with van der Waals surface area (Å²) in [5, 5.41) is 6.58. The molecule has 0 spiro atoms. The normalized spacial score (nSPS) is 11.1. The molecule has 0 saturated heterocycles. The van der Waals surface area contributed by atoms with Gasteiger partial charge in [0, 0.05) is 43.0 Å². The molecule has 0 saturated carbocycles. The first kappa shape index (κ1) is 17.1. The van der Waals surface area contributed by atoms with Gasteiger partial charge in [-0.3, -0.25) is 4.99 Å². The number of hydrogen-bond donors (Lipinski definition) is 2. The van der Waals surface area contributed by atoms with Gasteiger partial charge in [0.15, 0.2) is 5.96 Å². The van der Waals surface area contributed by atoms with Gasteiger partial charge in [-0.25, -0.2) is 4.98 Å². The maximum Gasteiger partial charge on any atom is 0.212 e. The van der Waals surface area contributed by atoms with Crippen molar-refractivity contribution in [2.45, 2.75) is 11.4 Å². The molecule has 122 valence electrons. The van der Waals surface area contributed by atoms with E-state index in [0.29, 0.717) is 12.4 Å². The van der Waals surface area contributed by atoms with Crippen molar-refractivity contribution < 1.29 is 4.74 Å². The minimum Gasteiger partial charge on any atom is -0.481 e. The van der Waals surface area contributed by atoms with Crippen LogP contribution in [0.15, 0.2) is 58.5 Å². The van der Waals surface area contributed by atoms with Crippen molar-refractivity contribution in [2.24, 2.45) is 4.99 Å². The Labute approximate surface area is 141 Å². The van der Waals surface area contributed by atoms with Gasteiger partial charge in [-0.2, -0.15) is 0 Å². The molecule has 0 amide bonds. The number of guanidine groups is 1. The summed E-state index contributed by atoms with van der Waals surface area (Å²) in [4.78, 5) is 9.68. The van der Waals surface area contributed by atoms with Crippen LogP contribution >= 0.6 is 11.8 Å². The molecule has 0 atom stereocenters. The van der Waals surface area contributed by atoms with E-state index in [0.717, 1.165) is 23.8 Å². The fourth-order valence-corrected chi connectivity index (χ4v) is 2.69. The van der Waals surface area contributed by atoms with Crippen molar-refractivity contribution in [2.75, 3.05) is 26.5 Å².